The van der Waals surface area contributed by atoms with Crippen LogP contribution in [0.15, 0.2) is 54.6 Å². The van der Waals surface area contributed by atoms with Crippen LogP contribution in [0.25, 0.3) is 0 Å². The molecule has 2 aromatic carbocycles. The van der Waals surface area contributed by atoms with E-state index in [1.54, 1.807) is 18.2 Å². The predicted molar refractivity (Wildman–Crippen MR) is 94.1 cm³/mol. The van der Waals surface area contributed by atoms with E-state index in [1.807, 2.05) is 36.4 Å². The first-order valence-corrected chi connectivity index (χ1v) is 8.21. The highest BCUT2D eigenvalue weighted by molar-refractivity contribution is 6.31. The van der Waals surface area contributed by atoms with Gasteiger partial charge in [0.2, 0.25) is 5.91 Å². The lowest BCUT2D eigenvalue weighted by molar-refractivity contribution is -0.137. The summed E-state index contributed by atoms with van der Waals surface area (Å²) in [5, 5.41) is 12.4. The van der Waals surface area contributed by atoms with Gasteiger partial charge in [-0.15, -0.1) is 0 Å². The third-order valence-electron chi connectivity index (χ3n) is 3.72. The van der Waals surface area contributed by atoms with Crippen LogP contribution in [0, 0.1) is 0 Å². The molecule has 0 aliphatic heterocycles. The fraction of sp³-hybridized carbons (Fsp3) is 0.263. The van der Waals surface area contributed by atoms with Gasteiger partial charge >= 0.3 is 5.97 Å². The SMILES string of the molecule is O=C(O)C[C@@H](CCc1ccccc1)NC(=O)Cc1ccccc1Cl. The van der Waals surface area contributed by atoms with Gasteiger partial charge in [0.15, 0.2) is 0 Å². The Morgan fingerprint density at radius 3 is 2.38 bits per heavy atom. The standard InChI is InChI=1S/C19H20ClNO3/c20-17-9-5-4-8-15(17)12-18(22)21-16(13-19(23)24)11-10-14-6-2-1-3-7-14/h1-9,16H,10-13H2,(H,21,22)(H,23,24)/t16-/m1/s1. The van der Waals surface area contributed by atoms with Crippen LogP contribution in [-0.2, 0) is 22.4 Å². The van der Waals surface area contributed by atoms with Crippen molar-refractivity contribution in [3.63, 3.8) is 0 Å². The molecule has 1 amide bonds. The van der Waals surface area contributed by atoms with E-state index in [2.05, 4.69) is 5.32 Å². The third kappa shape index (κ3) is 6.05. The lowest BCUT2D eigenvalue weighted by atomic mass is 10.0. The minimum Gasteiger partial charge on any atom is -0.481 e. The van der Waals surface area contributed by atoms with Crippen molar-refractivity contribution in [3.05, 3.63) is 70.7 Å². The molecule has 2 rings (SSSR count). The van der Waals surface area contributed by atoms with Gasteiger partial charge in [-0.3, -0.25) is 9.59 Å². The summed E-state index contributed by atoms with van der Waals surface area (Å²) in [6, 6.07) is 16.5. The average Bonchev–Trinajstić information content (AvgIpc) is 2.55. The Bertz CT molecular complexity index is 688. The highest BCUT2D eigenvalue weighted by atomic mass is 35.5. The van der Waals surface area contributed by atoms with E-state index < -0.39 is 12.0 Å². The molecule has 0 radical (unpaired) electrons. The number of carboxylic acids is 1. The minimum atomic E-state index is -0.925. The molecule has 0 saturated heterocycles. The summed E-state index contributed by atoms with van der Waals surface area (Å²) < 4.78 is 0. The van der Waals surface area contributed by atoms with Gasteiger partial charge in [0, 0.05) is 11.1 Å². The van der Waals surface area contributed by atoms with Crippen molar-refractivity contribution in [2.75, 3.05) is 0 Å². The number of aryl methyl sites for hydroxylation is 1. The Morgan fingerprint density at radius 2 is 1.71 bits per heavy atom. The summed E-state index contributed by atoms with van der Waals surface area (Å²) in [6.45, 7) is 0. The zero-order valence-corrected chi connectivity index (χ0v) is 14.0. The smallest absolute Gasteiger partial charge is 0.305 e. The second-order valence-corrected chi connectivity index (χ2v) is 6.06. The van der Waals surface area contributed by atoms with Crippen LogP contribution in [-0.4, -0.2) is 23.0 Å². The summed E-state index contributed by atoms with van der Waals surface area (Å²) in [6.07, 6.45) is 1.33. The molecule has 126 valence electrons. The molecular formula is C19H20ClNO3. The monoisotopic (exact) mass is 345 g/mol. The maximum Gasteiger partial charge on any atom is 0.305 e. The molecule has 1 atom stereocenters. The first-order valence-electron chi connectivity index (χ1n) is 7.83. The molecule has 4 nitrogen and oxygen atoms in total. The van der Waals surface area contributed by atoms with Crippen LogP contribution >= 0.6 is 11.6 Å². The van der Waals surface area contributed by atoms with E-state index in [1.165, 1.54) is 0 Å². The van der Waals surface area contributed by atoms with E-state index in [0.29, 0.717) is 17.9 Å². The lowest BCUT2D eigenvalue weighted by Gasteiger charge is -2.17. The molecular weight excluding hydrogens is 326 g/mol. The molecule has 0 aliphatic carbocycles. The normalized spacial score (nSPS) is 11.7. The number of nitrogens with one attached hydrogen (secondary N) is 1. The van der Waals surface area contributed by atoms with Crippen molar-refractivity contribution in [2.45, 2.75) is 31.7 Å². The number of carbonyl (C=O) groups is 2. The number of hydrogen-bond donors (Lipinski definition) is 2. The van der Waals surface area contributed by atoms with Gasteiger partial charge in [-0.25, -0.2) is 0 Å². The molecule has 2 N–H and O–H groups in total. The highest BCUT2D eigenvalue weighted by Gasteiger charge is 2.17. The summed E-state index contributed by atoms with van der Waals surface area (Å²) in [7, 11) is 0. The lowest BCUT2D eigenvalue weighted by Crippen LogP contribution is -2.37. The first kappa shape index (κ1) is 18.0. The zero-order valence-electron chi connectivity index (χ0n) is 13.2. The van der Waals surface area contributed by atoms with Gasteiger partial charge in [0.25, 0.3) is 0 Å². The molecule has 0 bridgehead atoms. The summed E-state index contributed by atoms with van der Waals surface area (Å²) in [5.41, 5.74) is 1.85. The number of carbonyl (C=O) groups excluding carboxylic acids is 1. The van der Waals surface area contributed by atoms with Crippen LogP contribution < -0.4 is 5.32 Å². The second kappa shape index (κ2) is 9.08. The molecule has 2 aromatic rings. The molecule has 0 aliphatic rings. The molecule has 24 heavy (non-hydrogen) atoms. The van der Waals surface area contributed by atoms with E-state index in [9.17, 15) is 9.59 Å². The molecule has 0 heterocycles. The Hall–Kier alpha value is -2.33. The number of carboxylic acid groups (broad SMARTS) is 1. The molecule has 0 fully saturated rings. The molecule has 5 heteroatoms. The van der Waals surface area contributed by atoms with E-state index in [0.717, 1.165) is 11.1 Å². The quantitative estimate of drug-likeness (QED) is 0.769. The van der Waals surface area contributed by atoms with E-state index >= 15 is 0 Å². The number of benzene rings is 2. The molecule has 0 saturated carbocycles. The van der Waals surface area contributed by atoms with Crippen molar-refractivity contribution >= 4 is 23.5 Å². The number of rotatable bonds is 8. The summed E-state index contributed by atoms with van der Waals surface area (Å²) >= 11 is 6.06. The maximum atomic E-state index is 12.2. The van der Waals surface area contributed by atoms with E-state index in [4.69, 9.17) is 16.7 Å². The van der Waals surface area contributed by atoms with Crippen LogP contribution in [0.1, 0.15) is 24.0 Å². The Balaban J connectivity index is 1.93. The Kier molecular flexibility index (Phi) is 6.82. The Morgan fingerprint density at radius 1 is 1.04 bits per heavy atom. The summed E-state index contributed by atoms with van der Waals surface area (Å²) in [5.74, 6) is -1.14. The van der Waals surface area contributed by atoms with Crippen LogP contribution in [0.2, 0.25) is 5.02 Å². The van der Waals surface area contributed by atoms with Crippen molar-refractivity contribution < 1.29 is 14.7 Å². The molecule has 0 aromatic heterocycles. The topological polar surface area (TPSA) is 66.4 Å². The van der Waals surface area contributed by atoms with Crippen molar-refractivity contribution in [3.8, 4) is 0 Å². The Labute approximate surface area is 146 Å². The number of hydrogen-bond acceptors (Lipinski definition) is 2. The minimum absolute atomic E-state index is 0.0961. The second-order valence-electron chi connectivity index (χ2n) is 5.65. The van der Waals surface area contributed by atoms with Crippen LogP contribution in [0.5, 0.6) is 0 Å². The van der Waals surface area contributed by atoms with Gasteiger partial charge in [0.05, 0.1) is 12.8 Å². The predicted octanol–water partition coefficient (Wildman–Crippen LogP) is 3.47. The van der Waals surface area contributed by atoms with Gasteiger partial charge < -0.3 is 10.4 Å². The number of amides is 1. The maximum absolute atomic E-state index is 12.2. The largest absolute Gasteiger partial charge is 0.481 e. The molecule has 0 spiro atoms. The highest BCUT2D eigenvalue weighted by Crippen LogP contribution is 2.15. The van der Waals surface area contributed by atoms with Crippen LogP contribution in [0.3, 0.4) is 0 Å². The third-order valence-corrected chi connectivity index (χ3v) is 4.09. The van der Waals surface area contributed by atoms with Crippen molar-refractivity contribution in [2.24, 2.45) is 0 Å². The van der Waals surface area contributed by atoms with Crippen LogP contribution in [0.4, 0.5) is 0 Å². The fourth-order valence-electron chi connectivity index (χ4n) is 2.52. The van der Waals surface area contributed by atoms with Gasteiger partial charge in [-0.1, -0.05) is 60.1 Å². The number of halogens is 1. The fourth-order valence-corrected chi connectivity index (χ4v) is 2.72. The zero-order chi connectivity index (χ0) is 17.4. The summed E-state index contributed by atoms with van der Waals surface area (Å²) in [4.78, 5) is 23.2. The van der Waals surface area contributed by atoms with E-state index in [-0.39, 0.29) is 18.7 Å². The van der Waals surface area contributed by atoms with Gasteiger partial charge in [0.1, 0.15) is 0 Å². The van der Waals surface area contributed by atoms with Gasteiger partial charge in [-0.05, 0) is 30.0 Å². The number of aliphatic carboxylic acids is 1. The van der Waals surface area contributed by atoms with Gasteiger partial charge in [-0.2, -0.15) is 0 Å². The average molecular weight is 346 g/mol. The van der Waals surface area contributed by atoms with Crippen molar-refractivity contribution in [1.29, 1.82) is 0 Å². The molecule has 0 unspecified atom stereocenters. The first-order chi connectivity index (χ1) is 11.5. The van der Waals surface area contributed by atoms with Crippen molar-refractivity contribution in [1.82, 2.24) is 5.32 Å².